The molecule has 0 spiro atoms. The van der Waals surface area contributed by atoms with Crippen molar-refractivity contribution in [2.75, 3.05) is 4.72 Å². The van der Waals surface area contributed by atoms with Gasteiger partial charge < -0.3 is 14.4 Å². The monoisotopic (exact) mass is 485 g/mol. The minimum Gasteiger partial charge on any atom is -0.489 e. The number of piperidine rings is 1. The van der Waals surface area contributed by atoms with Crippen molar-refractivity contribution in [2.24, 2.45) is 0 Å². The first-order valence-electron chi connectivity index (χ1n) is 9.90. The molecule has 3 fully saturated rings. The van der Waals surface area contributed by atoms with Gasteiger partial charge >= 0.3 is 6.09 Å². The zero-order valence-corrected chi connectivity index (χ0v) is 19.8. The van der Waals surface area contributed by atoms with Crippen molar-refractivity contribution in [3.63, 3.8) is 0 Å². The quantitative estimate of drug-likeness (QED) is 0.668. The van der Waals surface area contributed by atoms with E-state index in [1.807, 2.05) is 20.8 Å². The summed E-state index contributed by atoms with van der Waals surface area (Å²) in [5, 5.41) is 1.82. The van der Waals surface area contributed by atoms with Crippen molar-refractivity contribution in [3.05, 3.63) is 34.1 Å². The van der Waals surface area contributed by atoms with Gasteiger partial charge in [0.15, 0.2) is 5.82 Å². The Morgan fingerprint density at radius 2 is 1.97 bits per heavy atom. The Hall–Kier alpha value is -2.04. The maximum atomic E-state index is 12.5. The van der Waals surface area contributed by atoms with E-state index >= 15 is 0 Å². The minimum atomic E-state index is -3.79. The Bertz CT molecular complexity index is 1060. The fourth-order valence-corrected chi connectivity index (χ4v) is 5.79. The number of halogens is 1. The highest BCUT2D eigenvalue weighted by atomic mass is 35.5. The third-order valence-corrected chi connectivity index (χ3v) is 7.42. The topological polar surface area (TPSA) is 97.8 Å². The molecule has 5 rings (SSSR count). The average Bonchev–Trinajstić information content (AvgIpc) is 3.14. The summed E-state index contributed by atoms with van der Waals surface area (Å²) in [7, 11) is -3.79. The Kier molecular flexibility index (Phi) is 5.82. The van der Waals surface area contributed by atoms with E-state index in [9.17, 15) is 13.2 Å². The van der Waals surface area contributed by atoms with Crippen LogP contribution in [-0.2, 0) is 14.8 Å². The Morgan fingerprint density at radius 3 is 2.55 bits per heavy atom. The van der Waals surface area contributed by atoms with Crippen molar-refractivity contribution < 1.29 is 22.7 Å². The van der Waals surface area contributed by atoms with E-state index in [2.05, 4.69) is 9.71 Å². The fraction of sp³-hybridized carbons (Fsp3) is 0.500. The maximum Gasteiger partial charge on any atom is 0.410 e. The van der Waals surface area contributed by atoms with Crippen LogP contribution in [0.15, 0.2) is 34.0 Å². The van der Waals surface area contributed by atoms with Crippen LogP contribution in [0.1, 0.15) is 40.0 Å². The number of nitrogens with zero attached hydrogens (tertiary/aromatic N) is 2. The van der Waals surface area contributed by atoms with Crippen LogP contribution in [0.3, 0.4) is 0 Å². The number of benzene rings is 1. The lowest BCUT2D eigenvalue weighted by Crippen LogP contribution is -2.65. The van der Waals surface area contributed by atoms with Crippen LogP contribution in [0.2, 0.25) is 5.02 Å². The third kappa shape index (κ3) is 4.91. The number of hydrogen-bond acceptors (Lipinski definition) is 7. The molecular weight excluding hydrogens is 462 g/mol. The van der Waals surface area contributed by atoms with Gasteiger partial charge in [0.1, 0.15) is 17.5 Å². The number of ether oxygens (including phenoxy) is 2. The van der Waals surface area contributed by atoms with E-state index in [4.69, 9.17) is 21.1 Å². The number of carbonyl (C=O) groups excluding carboxylic acids is 1. The Labute approximate surface area is 190 Å². The van der Waals surface area contributed by atoms with Crippen LogP contribution < -0.4 is 9.46 Å². The minimum absolute atomic E-state index is 0.0282. The number of aromatic nitrogens is 1. The second-order valence-electron chi connectivity index (χ2n) is 8.71. The maximum absolute atomic E-state index is 12.5. The largest absolute Gasteiger partial charge is 0.489 e. The number of carbonyl (C=O) groups is 1. The number of sulfonamides is 1. The molecule has 1 aliphatic carbocycles. The fourth-order valence-electron chi connectivity index (χ4n) is 3.92. The summed E-state index contributed by atoms with van der Waals surface area (Å²) in [4.78, 5) is 18.1. The predicted octanol–water partition coefficient (Wildman–Crippen LogP) is 4.52. The van der Waals surface area contributed by atoms with E-state index in [0.717, 1.165) is 6.42 Å². The van der Waals surface area contributed by atoms with Gasteiger partial charge in [-0.1, -0.05) is 11.6 Å². The van der Waals surface area contributed by atoms with E-state index in [1.165, 1.54) is 23.5 Å². The van der Waals surface area contributed by atoms with Crippen molar-refractivity contribution in [1.82, 2.24) is 9.88 Å². The summed E-state index contributed by atoms with van der Waals surface area (Å²) in [6.45, 7) is 5.56. The molecule has 1 N–H and O–H groups in total. The molecule has 2 aromatic rings. The molecule has 3 atom stereocenters. The first-order chi connectivity index (χ1) is 14.5. The van der Waals surface area contributed by atoms with Crippen LogP contribution in [0.4, 0.5) is 10.6 Å². The average molecular weight is 486 g/mol. The van der Waals surface area contributed by atoms with Gasteiger partial charge in [0.2, 0.25) is 0 Å². The van der Waals surface area contributed by atoms with E-state index in [0.29, 0.717) is 18.6 Å². The molecule has 8 nitrogen and oxygen atoms in total. The standard InChI is InChI=1S/C20H24ClN3O5S2/c1-20(2,3)29-19(25)24-12-6-13(24)8-14(7-12)28-17-5-4-15(9-16(17)21)31(26,27)23-18-10-30-11-22-18/h4-5,9-14,23H,6-8H2,1-3H3/t12-,13+,14?. The zero-order chi connectivity index (χ0) is 22.4. The molecule has 3 heterocycles. The van der Waals surface area contributed by atoms with Crippen molar-refractivity contribution in [3.8, 4) is 5.75 Å². The molecule has 2 aliphatic heterocycles. The second-order valence-corrected chi connectivity index (χ2v) is 11.5. The van der Waals surface area contributed by atoms with E-state index in [1.54, 1.807) is 21.9 Å². The number of thiazole rings is 1. The van der Waals surface area contributed by atoms with Gasteiger partial charge in [0, 0.05) is 30.3 Å². The molecule has 2 bridgehead atoms. The lowest BCUT2D eigenvalue weighted by Gasteiger charge is -2.54. The number of hydrogen-bond donors (Lipinski definition) is 1. The summed E-state index contributed by atoms with van der Waals surface area (Å²) in [5.74, 6) is 0.682. The van der Waals surface area contributed by atoms with Crippen LogP contribution in [0, 0.1) is 0 Å². The molecule has 2 saturated heterocycles. The molecule has 3 aliphatic rings. The zero-order valence-electron chi connectivity index (χ0n) is 17.4. The van der Waals surface area contributed by atoms with Crippen LogP contribution in [0.25, 0.3) is 0 Å². The third-order valence-electron chi connectivity index (χ3n) is 5.18. The normalized spacial score (nSPS) is 23.1. The smallest absolute Gasteiger partial charge is 0.410 e. The summed E-state index contributed by atoms with van der Waals surface area (Å²) in [6, 6.07) is 4.54. The molecule has 0 radical (unpaired) electrons. The molecule has 1 aromatic heterocycles. The number of rotatable bonds is 5. The second kappa shape index (κ2) is 8.14. The number of amides is 1. The summed E-state index contributed by atoms with van der Waals surface area (Å²) >= 11 is 7.61. The highest BCUT2D eigenvalue weighted by Gasteiger charge is 2.50. The molecule has 1 unspecified atom stereocenters. The molecule has 1 saturated carbocycles. The SMILES string of the molecule is CC(C)(C)OC(=O)N1[C@@H]2CC(Oc3ccc(S(=O)(=O)Nc4cscn4)cc3Cl)C[C@H]1C2. The van der Waals surface area contributed by atoms with Crippen molar-refractivity contribution >= 4 is 44.9 Å². The van der Waals surface area contributed by atoms with Gasteiger partial charge in [0.05, 0.1) is 15.4 Å². The summed E-state index contributed by atoms with van der Waals surface area (Å²) in [6.07, 6.45) is 1.91. The lowest BCUT2D eigenvalue weighted by atomic mass is 9.78. The van der Waals surface area contributed by atoms with Gasteiger partial charge in [-0.15, -0.1) is 11.3 Å². The Morgan fingerprint density at radius 1 is 1.26 bits per heavy atom. The highest BCUT2D eigenvalue weighted by Crippen LogP contribution is 2.41. The van der Waals surface area contributed by atoms with Crippen molar-refractivity contribution in [2.45, 2.75) is 68.7 Å². The van der Waals surface area contributed by atoms with Gasteiger partial charge in [-0.25, -0.2) is 18.2 Å². The predicted molar refractivity (Wildman–Crippen MR) is 118 cm³/mol. The highest BCUT2D eigenvalue weighted by molar-refractivity contribution is 7.92. The molecule has 1 amide bonds. The first-order valence-corrected chi connectivity index (χ1v) is 12.7. The van der Waals surface area contributed by atoms with Gasteiger partial charge in [-0.2, -0.15) is 0 Å². The lowest BCUT2D eigenvalue weighted by molar-refractivity contribution is -0.0791. The number of fused-ring (bicyclic) bond motifs is 2. The van der Waals surface area contributed by atoms with Gasteiger partial charge in [-0.3, -0.25) is 4.72 Å². The summed E-state index contributed by atoms with van der Waals surface area (Å²) < 4.78 is 39.0. The van der Waals surface area contributed by atoms with E-state index in [-0.39, 0.29) is 40.0 Å². The molecule has 1 aromatic carbocycles. The van der Waals surface area contributed by atoms with Crippen LogP contribution >= 0.6 is 22.9 Å². The first kappa shape index (κ1) is 22.2. The Balaban J connectivity index is 1.38. The number of nitrogens with one attached hydrogen (secondary N) is 1. The van der Waals surface area contributed by atoms with Gasteiger partial charge in [0.25, 0.3) is 10.0 Å². The summed E-state index contributed by atoms with van der Waals surface area (Å²) in [5.41, 5.74) is 1.02. The molecular formula is C20H24ClN3O5S2. The van der Waals surface area contributed by atoms with E-state index < -0.39 is 15.6 Å². The molecule has 168 valence electrons. The van der Waals surface area contributed by atoms with Crippen molar-refractivity contribution in [1.29, 1.82) is 0 Å². The van der Waals surface area contributed by atoms with Gasteiger partial charge in [-0.05, 0) is 45.4 Å². The molecule has 31 heavy (non-hydrogen) atoms. The number of anilines is 1. The van der Waals surface area contributed by atoms with Crippen LogP contribution in [0.5, 0.6) is 5.75 Å². The molecule has 11 heteroatoms. The van der Waals surface area contributed by atoms with Crippen LogP contribution in [-0.4, -0.2) is 48.2 Å².